The van der Waals surface area contributed by atoms with Gasteiger partial charge >= 0.3 is 0 Å². The van der Waals surface area contributed by atoms with E-state index >= 15 is 0 Å². The number of aryl methyl sites for hydroxylation is 1. The number of nitrogens with zero attached hydrogens (tertiary/aromatic N) is 2. The van der Waals surface area contributed by atoms with E-state index in [9.17, 15) is 5.11 Å². The van der Waals surface area contributed by atoms with E-state index in [1.165, 1.54) is 0 Å². The van der Waals surface area contributed by atoms with Crippen molar-refractivity contribution in [3.63, 3.8) is 0 Å². The first-order valence-corrected chi connectivity index (χ1v) is 5.84. The molecule has 16 heavy (non-hydrogen) atoms. The summed E-state index contributed by atoms with van der Waals surface area (Å²) in [6, 6.07) is 3.78. The van der Waals surface area contributed by atoms with Gasteiger partial charge in [0.25, 0.3) is 0 Å². The van der Waals surface area contributed by atoms with Crippen LogP contribution in [0, 0.1) is 6.92 Å². The summed E-state index contributed by atoms with van der Waals surface area (Å²) >= 11 is 0. The Bertz CT molecular complexity index is 379. The Balaban J connectivity index is 1.90. The molecule has 4 heteroatoms. The lowest BCUT2D eigenvalue weighted by Crippen LogP contribution is -2.39. The number of aromatic nitrogens is 2. The third kappa shape index (κ3) is 1.62. The van der Waals surface area contributed by atoms with Gasteiger partial charge in [-0.1, -0.05) is 0 Å². The van der Waals surface area contributed by atoms with E-state index in [-0.39, 0.29) is 12.2 Å². The van der Waals surface area contributed by atoms with Crippen molar-refractivity contribution >= 4 is 0 Å². The molecule has 3 heterocycles. The minimum absolute atomic E-state index is 0.201. The van der Waals surface area contributed by atoms with Crippen molar-refractivity contribution in [1.82, 2.24) is 10.2 Å². The lowest BCUT2D eigenvalue weighted by atomic mass is 9.87. The monoisotopic (exact) mass is 220 g/mol. The molecular weight excluding hydrogens is 204 g/mol. The van der Waals surface area contributed by atoms with Crippen molar-refractivity contribution in [2.75, 3.05) is 0 Å². The fraction of sp³-hybridized carbons (Fsp3) is 0.667. The third-order valence-electron chi connectivity index (χ3n) is 3.60. The minimum atomic E-state index is -0.829. The Morgan fingerprint density at radius 3 is 2.50 bits per heavy atom. The van der Waals surface area contributed by atoms with E-state index < -0.39 is 5.60 Å². The molecule has 0 radical (unpaired) electrons. The summed E-state index contributed by atoms with van der Waals surface area (Å²) in [4.78, 5) is 0. The van der Waals surface area contributed by atoms with E-state index in [1.54, 1.807) is 0 Å². The van der Waals surface area contributed by atoms with Crippen LogP contribution in [0.5, 0.6) is 0 Å². The van der Waals surface area contributed by atoms with E-state index in [2.05, 4.69) is 10.2 Å². The normalized spacial score (nSPS) is 37.6. The van der Waals surface area contributed by atoms with Crippen LogP contribution in [-0.2, 0) is 10.3 Å². The SMILES string of the molecule is Cc1ccc(C2(O)CC3CCC(C2)O3)nn1. The second-order valence-electron chi connectivity index (χ2n) is 4.96. The van der Waals surface area contributed by atoms with Crippen molar-refractivity contribution < 1.29 is 9.84 Å². The molecule has 0 spiro atoms. The molecule has 2 saturated heterocycles. The lowest BCUT2D eigenvalue weighted by Gasteiger charge is -2.35. The number of ether oxygens (including phenoxy) is 1. The van der Waals surface area contributed by atoms with Gasteiger partial charge in [-0.2, -0.15) is 10.2 Å². The van der Waals surface area contributed by atoms with E-state index in [4.69, 9.17) is 4.74 Å². The van der Waals surface area contributed by atoms with Gasteiger partial charge in [0.1, 0.15) is 5.60 Å². The smallest absolute Gasteiger partial charge is 0.113 e. The summed E-state index contributed by atoms with van der Waals surface area (Å²) in [5.41, 5.74) is 0.741. The molecule has 0 saturated carbocycles. The average Bonchev–Trinajstić information content (AvgIpc) is 2.59. The van der Waals surface area contributed by atoms with Gasteiger partial charge in [-0.25, -0.2) is 0 Å². The van der Waals surface area contributed by atoms with Crippen LogP contribution in [0.4, 0.5) is 0 Å². The molecule has 2 bridgehead atoms. The van der Waals surface area contributed by atoms with Gasteiger partial charge in [0, 0.05) is 12.8 Å². The van der Waals surface area contributed by atoms with Crippen LogP contribution in [0.25, 0.3) is 0 Å². The molecule has 1 aromatic heterocycles. The van der Waals surface area contributed by atoms with Crippen molar-refractivity contribution in [3.8, 4) is 0 Å². The standard InChI is InChI=1S/C12H16N2O2/c1-8-2-5-11(14-13-8)12(15)6-9-3-4-10(7-12)16-9/h2,5,9-10,15H,3-4,6-7H2,1H3. The zero-order valence-electron chi connectivity index (χ0n) is 9.39. The fourth-order valence-corrected chi connectivity index (χ4v) is 2.77. The molecule has 1 N–H and O–H groups in total. The molecule has 2 aliphatic rings. The van der Waals surface area contributed by atoms with Gasteiger partial charge in [-0.05, 0) is 31.9 Å². The molecule has 4 nitrogen and oxygen atoms in total. The number of fused-ring (bicyclic) bond motifs is 2. The zero-order chi connectivity index (χ0) is 11.2. The van der Waals surface area contributed by atoms with Crippen molar-refractivity contribution in [3.05, 3.63) is 23.5 Å². The maximum atomic E-state index is 10.6. The molecule has 2 aliphatic heterocycles. The predicted molar refractivity (Wildman–Crippen MR) is 57.8 cm³/mol. The second kappa shape index (κ2) is 3.50. The first-order chi connectivity index (χ1) is 7.66. The topological polar surface area (TPSA) is 55.2 Å². The van der Waals surface area contributed by atoms with Gasteiger partial charge < -0.3 is 9.84 Å². The van der Waals surface area contributed by atoms with Crippen LogP contribution in [0.2, 0.25) is 0 Å². The predicted octanol–water partition coefficient (Wildman–Crippen LogP) is 1.31. The summed E-state index contributed by atoms with van der Waals surface area (Å²) in [5, 5.41) is 18.8. The number of rotatable bonds is 1. The molecule has 0 aliphatic carbocycles. The molecule has 2 atom stereocenters. The summed E-state index contributed by atoms with van der Waals surface area (Å²) in [6.07, 6.45) is 3.83. The second-order valence-corrected chi connectivity index (χ2v) is 4.96. The van der Waals surface area contributed by atoms with E-state index in [1.807, 2.05) is 19.1 Å². The summed E-state index contributed by atoms with van der Waals surface area (Å²) in [7, 11) is 0. The Labute approximate surface area is 94.7 Å². The first kappa shape index (κ1) is 10.2. The maximum absolute atomic E-state index is 10.6. The Hall–Kier alpha value is -1.00. The summed E-state index contributed by atoms with van der Waals surface area (Å²) < 4.78 is 5.73. The van der Waals surface area contributed by atoms with Crippen LogP contribution in [0.3, 0.4) is 0 Å². The average molecular weight is 220 g/mol. The zero-order valence-corrected chi connectivity index (χ0v) is 9.39. The number of hydrogen-bond acceptors (Lipinski definition) is 4. The van der Waals surface area contributed by atoms with Crippen molar-refractivity contribution in [2.45, 2.75) is 50.4 Å². The third-order valence-corrected chi connectivity index (χ3v) is 3.60. The lowest BCUT2D eigenvalue weighted by molar-refractivity contribution is -0.117. The van der Waals surface area contributed by atoms with Gasteiger partial charge in [0.15, 0.2) is 0 Å². The van der Waals surface area contributed by atoms with Crippen LogP contribution in [0.1, 0.15) is 37.1 Å². The molecule has 2 unspecified atom stereocenters. The molecule has 1 aromatic rings. The molecule has 86 valence electrons. The highest BCUT2D eigenvalue weighted by Gasteiger charge is 2.45. The van der Waals surface area contributed by atoms with Gasteiger partial charge in [0.2, 0.25) is 0 Å². The molecule has 0 amide bonds. The highest BCUT2D eigenvalue weighted by Crippen LogP contribution is 2.43. The highest BCUT2D eigenvalue weighted by atomic mass is 16.5. The highest BCUT2D eigenvalue weighted by molar-refractivity contribution is 5.16. The quantitative estimate of drug-likeness (QED) is 0.775. The van der Waals surface area contributed by atoms with Crippen molar-refractivity contribution in [2.24, 2.45) is 0 Å². The summed E-state index contributed by atoms with van der Waals surface area (Å²) in [6.45, 7) is 1.90. The fourth-order valence-electron chi connectivity index (χ4n) is 2.77. The first-order valence-electron chi connectivity index (χ1n) is 5.84. The number of aliphatic hydroxyl groups is 1. The van der Waals surface area contributed by atoms with Gasteiger partial charge in [0.05, 0.1) is 23.6 Å². The van der Waals surface area contributed by atoms with Gasteiger partial charge in [-0.15, -0.1) is 0 Å². The van der Waals surface area contributed by atoms with E-state index in [0.717, 1.165) is 18.5 Å². The minimum Gasteiger partial charge on any atom is -0.383 e. The number of hydrogen-bond donors (Lipinski definition) is 1. The Kier molecular flexibility index (Phi) is 2.23. The largest absolute Gasteiger partial charge is 0.383 e. The summed E-state index contributed by atoms with van der Waals surface area (Å²) in [5.74, 6) is 0. The van der Waals surface area contributed by atoms with Crippen LogP contribution in [-0.4, -0.2) is 27.5 Å². The van der Waals surface area contributed by atoms with Crippen LogP contribution < -0.4 is 0 Å². The van der Waals surface area contributed by atoms with Gasteiger partial charge in [-0.3, -0.25) is 0 Å². The van der Waals surface area contributed by atoms with Crippen LogP contribution in [0.15, 0.2) is 12.1 Å². The maximum Gasteiger partial charge on any atom is 0.113 e. The Morgan fingerprint density at radius 1 is 1.25 bits per heavy atom. The van der Waals surface area contributed by atoms with Crippen molar-refractivity contribution in [1.29, 1.82) is 0 Å². The molecule has 3 rings (SSSR count). The van der Waals surface area contributed by atoms with Crippen LogP contribution >= 0.6 is 0 Å². The molecule has 0 aromatic carbocycles. The Morgan fingerprint density at radius 2 is 1.94 bits per heavy atom. The molecule has 2 fully saturated rings. The van der Waals surface area contributed by atoms with E-state index in [0.29, 0.717) is 18.5 Å². The molecular formula is C12H16N2O2.